The number of piperidine rings is 1. The van der Waals surface area contributed by atoms with Gasteiger partial charge in [-0.15, -0.1) is 0 Å². The summed E-state index contributed by atoms with van der Waals surface area (Å²) in [6.45, 7) is 10.5. The number of likely N-dealkylation sites (tertiary alicyclic amines) is 1. The Bertz CT molecular complexity index is 1340. The van der Waals surface area contributed by atoms with Crippen LogP contribution in [0.1, 0.15) is 57.3 Å². The highest BCUT2D eigenvalue weighted by molar-refractivity contribution is 6.32. The molecule has 6 rings (SSSR count). The minimum Gasteiger partial charge on any atom is -0.444 e. The van der Waals surface area contributed by atoms with Crippen molar-refractivity contribution >= 4 is 34.4 Å². The number of aryl methyl sites for hydroxylation is 1. The molecule has 1 amide bonds. The molecule has 3 fully saturated rings. The zero-order valence-corrected chi connectivity index (χ0v) is 22.5. The number of anilines is 1. The van der Waals surface area contributed by atoms with Crippen molar-refractivity contribution in [3.8, 4) is 5.82 Å². The Morgan fingerprint density at radius 1 is 1.14 bits per heavy atom. The SMILES string of the molecule is Cc1nc(N2CC3CC2CO3)cc(-n2ncc3cc(Cl)c(C4CCN(C(=O)OC(C)(C)C)CC4)cc32)n1. The van der Waals surface area contributed by atoms with Crippen LogP contribution in [0.4, 0.5) is 10.6 Å². The van der Waals surface area contributed by atoms with Gasteiger partial charge in [-0.3, -0.25) is 0 Å². The van der Waals surface area contributed by atoms with E-state index in [0.717, 1.165) is 65.5 Å². The number of ether oxygens (including phenoxy) is 2. The number of amides is 1. The van der Waals surface area contributed by atoms with Crippen LogP contribution >= 0.6 is 11.6 Å². The molecule has 0 spiro atoms. The molecule has 2 unspecified atom stereocenters. The summed E-state index contributed by atoms with van der Waals surface area (Å²) in [6.07, 6.45) is 4.58. The Balaban J connectivity index is 1.26. The van der Waals surface area contributed by atoms with Gasteiger partial charge in [-0.25, -0.2) is 19.4 Å². The first kappa shape index (κ1) is 24.4. The second-order valence-electron chi connectivity index (χ2n) is 11.4. The summed E-state index contributed by atoms with van der Waals surface area (Å²) in [6, 6.07) is 6.52. The van der Waals surface area contributed by atoms with Gasteiger partial charge in [0.1, 0.15) is 17.2 Å². The van der Waals surface area contributed by atoms with Crippen molar-refractivity contribution in [2.45, 2.75) is 70.6 Å². The average molecular weight is 525 g/mol. The van der Waals surface area contributed by atoms with Crippen LogP contribution in [0.3, 0.4) is 0 Å². The number of nitrogens with zero attached hydrogens (tertiary/aromatic N) is 6. The van der Waals surface area contributed by atoms with Crippen LogP contribution < -0.4 is 4.90 Å². The molecule has 5 heterocycles. The van der Waals surface area contributed by atoms with Crippen molar-refractivity contribution in [2.75, 3.05) is 31.1 Å². The third-order valence-electron chi connectivity index (χ3n) is 7.50. The second kappa shape index (κ2) is 9.13. The summed E-state index contributed by atoms with van der Waals surface area (Å²) in [5, 5.41) is 6.37. The highest BCUT2D eigenvalue weighted by Gasteiger charge is 2.40. The molecule has 37 heavy (non-hydrogen) atoms. The predicted molar refractivity (Wildman–Crippen MR) is 142 cm³/mol. The fourth-order valence-corrected chi connectivity index (χ4v) is 6.06. The maximum atomic E-state index is 12.5. The molecule has 0 aliphatic carbocycles. The zero-order valence-electron chi connectivity index (χ0n) is 21.8. The number of rotatable bonds is 3. The Morgan fingerprint density at radius 3 is 2.57 bits per heavy atom. The summed E-state index contributed by atoms with van der Waals surface area (Å²) >= 11 is 6.76. The quantitative estimate of drug-likeness (QED) is 0.483. The van der Waals surface area contributed by atoms with E-state index in [-0.39, 0.29) is 12.0 Å². The Labute approximate surface area is 221 Å². The van der Waals surface area contributed by atoms with Gasteiger partial charge in [0.15, 0.2) is 5.82 Å². The molecule has 9 nitrogen and oxygen atoms in total. The molecular weight excluding hydrogens is 492 g/mol. The molecule has 0 saturated carbocycles. The highest BCUT2D eigenvalue weighted by Crippen LogP contribution is 2.37. The van der Waals surface area contributed by atoms with Crippen molar-refractivity contribution in [1.82, 2.24) is 24.6 Å². The number of morpholine rings is 1. The number of fused-ring (bicyclic) bond motifs is 3. The number of halogens is 1. The van der Waals surface area contributed by atoms with Crippen molar-refractivity contribution in [3.05, 3.63) is 40.8 Å². The van der Waals surface area contributed by atoms with Crippen LogP contribution in [0, 0.1) is 6.92 Å². The number of carbonyl (C=O) groups excluding carboxylic acids is 1. The van der Waals surface area contributed by atoms with Crippen molar-refractivity contribution in [1.29, 1.82) is 0 Å². The van der Waals surface area contributed by atoms with Crippen LogP contribution in [0.25, 0.3) is 16.7 Å². The number of aromatic nitrogens is 4. The Hall–Kier alpha value is -2.91. The molecule has 2 atom stereocenters. The number of benzene rings is 1. The molecule has 3 aliphatic heterocycles. The minimum atomic E-state index is -0.498. The standard InChI is InChI=1S/C27H33ClN6O3/c1-16-30-24(33-14-20-10-19(33)15-36-20)12-25(31-16)34-23-11-21(22(28)9-18(23)13-29-34)17-5-7-32(8-6-17)26(35)37-27(2,3)4/h9,11-13,17,19-20H,5-8,10,14-15H2,1-4H3. The van der Waals surface area contributed by atoms with E-state index < -0.39 is 5.60 Å². The molecule has 3 aliphatic rings. The maximum absolute atomic E-state index is 12.5. The third kappa shape index (κ3) is 4.75. The molecule has 2 aromatic heterocycles. The second-order valence-corrected chi connectivity index (χ2v) is 11.8. The smallest absolute Gasteiger partial charge is 0.410 e. The first-order valence-electron chi connectivity index (χ1n) is 13.0. The van der Waals surface area contributed by atoms with Crippen LogP contribution in [0.5, 0.6) is 0 Å². The lowest BCUT2D eigenvalue weighted by atomic mass is 9.89. The molecule has 0 radical (unpaired) electrons. The lowest BCUT2D eigenvalue weighted by Crippen LogP contribution is -2.41. The first-order valence-corrected chi connectivity index (χ1v) is 13.4. The molecule has 196 valence electrons. The first-order chi connectivity index (χ1) is 17.6. The number of hydrogen-bond acceptors (Lipinski definition) is 7. The van der Waals surface area contributed by atoms with Gasteiger partial charge in [0.25, 0.3) is 0 Å². The largest absolute Gasteiger partial charge is 0.444 e. The summed E-state index contributed by atoms with van der Waals surface area (Å²) < 4.78 is 13.2. The fourth-order valence-electron chi connectivity index (χ4n) is 5.73. The summed E-state index contributed by atoms with van der Waals surface area (Å²) in [7, 11) is 0. The monoisotopic (exact) mass is 524 g/mol. The van der Waals surface area contributed by atoms with Crippen molar-refractivity contribution < 1.29 is 14.3 Å². The Kier molecular flexibility index (Phi) is 6.03. The molecule has 0 N–H and O–H groups in total. The molecule has 10 heteroatoms. The van der Waals surface area contributed by atoms with Crippen LogP contribution in [-0.4, -0.2) is 74.7 Å². The normalized spacial score (nSPS) is 22.3. The van der Waals surface area contributed by atoms with Crippen LogP contribution in [-0.2, 0) is 9.47 Å². The van der Waals surface area contributed by atoms with Crippen molar-refractivity contribution in [3.63, 3.8) is 0 Å². The molecule has 2 bridgehead atoms. The zero-order chi connectivity index (χ0) is 25.9. The van der Waals surface area contributed by atoms with E-state index in [0.29, 0.717) is 31.1 Å². The fraction of sp³-hybridized carbons (Fsp3) is 0.556. The van der Waals surface area contributed by atoms with E-state index in [4.69, 9.17) is 31.0 Å². The van der Waals surface area contributed by atoms with Gasteiger partial charge >= 0.3 is 6.09 Å². The number of carbonyl (C=O) groups is 1. The van der Waals surface area contributed by atoms with Gasteiger partial charge in [0, 0.05) is 36.1 Å². The highest BCUT2D eigenvalue weighted by atomic mass is 35.5. The topological polar surface area (TPSA) is 85.6 Å². The van der Waals surface area contributed by atoms with Crippen molar-refractivity contribution in [2.24, 2.45) is 0 Å². The summed E-state index contributed by atoms with van der Waals surface area (Å²) in [5.74, 6) is 2.63. The average Bonchev–Trinajstić information content (AvgIpc) is 3.58. The van der Waals surface area contributed by atoms with E-state index in [1.54, 1.807) is 4.90 Å². The molecule has 3 aromatic rings. The minimum absolute atomic E-state index is 0.252. The lowest BCUT2D eigenvalue weighted by molar-refractivity contribution is 0.0205. The van der Waals surface area contributed by atoms with Gasteiger partial charge in [-0.2, -0.15) is 5.10 Å². The van der Waals surface area contributed by atoms with Crippen LogP contribution in [0.2, 0.25) is 5.02 Å². The van der Waals surface area contributed by atoms with Crippen LogP contribution in [0.15, 0.2) is 24.4 Å². The van der Waals surface area contributed by atoms with Gasteiger partial charge < -0.3 is 19.3 Å². The summed E-state index contributed by atoms with van der Waals surface area (Å²) in [5.41, 5.74) is 1.55. The molecular formula is C27H33ClN6O3. The van der Waals surface area contributed by atoms with Gasteiger partial charge in [-0.1, -0.05) is 11.6 Å². The Morgan fingerprint density at radius 2 is 1.89 bits per heavy atom. The van der Waals surface area contributed by atoms with Gasteiger partial charge in [-0.05, 0) is 70.6 Å². The predicted octanol–water partition coefficient (Wildman–Crippen LogP) is 4.87. The molecule has 1 aromatic carbocycles. The maximum Gasteiger partial charge on any atom is 0.410 e. The van der Waals surface area contributed by atoms with Gasteiger partial charge in [0.05, 0.1) is 30.5 Å². The molecule has 3 saturated heterocycles. The van der Waals surface area contributed by atoms with E-state index in [2.05, 4.69) is 16.1 Å². The van der Waals surface area contributed by atoms with E-state index in [9.17, 15) is 4.79 Å². The summed E-state index contributed by atoms with van der Waals surface area (Å²) in [4.78, 5) is 26.1. The van der Waals surface area contributed by atoms with E-state index in [1.807, 2.05) is 50.7 Å². The van der Waals surface area contributed by atoms with Gasteiger partial charge in [0.2, 0.25) is 0 Å². The third-order valence-corrected chi connectivity index (χ3v) is 7.82. The lowest BCUT2D eigenvalue weighted by Gasteiger charge is -2.34. The van der Waals surface area contributed by atoms with E-state index >= 15 is 0 Å². The van der Waals surface area contributed by atoms with E-state index in [1.165, 1.54) is 0 Å². The number of hydrogen-bond donors (Lipinski definition) is 0.